The highest BCUT2D eigenvalue weighted by Crippen LogP contribution is 2.16. The highest BCUT2D eigenvalue weighted by Gasteiger charge is 2.16. The first kappa shape index (κ1) is 9.64. The van der Waals surface area contributed by atoms with Crippen molar-refractivity contribution in [2.75, 3.05) is 0 Å². The molecule has 0 saturated heterocycles. The fourth-order valence-corrected chi connectivity index (χ4v) is 1.09. The van der Waals surface area contributed by atoms with Gasteiger partial charge in [0.25, 0.3) is 5.91 Å². The van der Waals surface area contributed by atoms with Gasteiger partial charge in [0.2, 0.25) is 0 Å². The molecule has 0 spiro atoms. The molecule has 0 aliphatic carbocycles. The van der Waals surface area contributed by atoms with Gasteiger partial charge in [0.15, 0.2) is 0 Å². The Hall–Kier alpha value is -1.45. The van der Waals surface area contributed by atoms with Crippen LogP contribution >= 0.6 is 0 Å². The van der Waals surface area contributed by atoms with Crippen molar-refractivity contribution in [3.63, 3.8) is 0 Å². The second-order valence-electron chi connectivity index (χ2n) is 2.61. The molecule has 0 aromatic heterocycles. The molecular weight excluding hydrogens is 176 g/mol. The summed E-state index contributed by atoms with van der Waals surface area (Å²) in [5.41, 5.74) is 4.45. The van der Waals surface area contributed by atoms with E-state index in [1.807, 2.05) is 0 Å². The highest BCUT2D eigenvalue weighted by molar-refractivity contribution is 5.93. The van der Waals surface area contributed by atoms with Crippen LogP contribution in [0.3, 0.4) is 0 Å². The van der Waals surface area contributed by atoms with Crippen LogP contribution in [0.1, 0.15) is 22.8 Å². The van der Waals surface area contributed by atoms with E-state index < -0.39 is 23.1 Å². The predicted molar refractivity (Wildman–Crippen MR) is 44.3 cm³/mol. The smallest absolute Gasteiger partial charge is 0.254 e. The monoisotopic (exact) mass is 185 g/mol. The molecule has 1 aromatic rings. The third-order valence-corrected chi connectivity index (χ3v) is 1.80. The number of carbonyl (C=O) groups excluding carboxylic acids is 1. The Balaban J connectivity index is 3.38. The van der Waals surface area contributed by atoms with Crippen molar-refractivity contribution in [2.24, 2.45) is 5.73 Å². The summed E-state index contributed by atoms with van der Waals surface area (Å²) < 4.78 is 26.1. The molecule has 0 aliphatic rings. The number of primary amides is 1. The summed E-state index contributed by atoms with van der Waals surface area (Å²) in [5.74, 6) is -2.84. The van der Waals surface area contributed by atoms with E-state index in [-0.39, 0.29) is 5.56 Å². The SMILES string of the molecule is CCc1ccc(F)c(C(N)=O)c1F. The number of rotatable bonds is 2. The zero-order valence-corrected chi connectivity index (χ0v) is 7.10. The Morgan fingerprint density at radius 2 is 2.08 bits per heavy atom. The number of hydrogen-bond donors (Lipinski definition) is 1. The second-order valence-corrected chi connectivity index (χ2v) is 2.61. The van der Waals surface area contributed by atoms with Crippen LogP contribution in [0.4, 0.5) is 8.78 Å². The molecule has 1 rings (SSSR count). The van der Waals surface area contributed by atoms with Gasteiger partial charge >= 0.3 is 0 Å². The summed E-state index contributed by atoms with van der Waals surface area (Å²) in [6, 6.07) is 2.35. The van der Waals surface area contributed by atoms with Crippen molar-refractivity contribution in [1.29, 1.82) is 0 Å². The minimum Gasteiger partial charge on any atom is -0.365 e. The minimum atomic E-state index is -1.08. The molecule has 0 aliphatic heterocycles. The Labute approximate surface area is 74.4 Å². The van der Waals surface area contributed by atoms with E-state index in [1.54, 1.807) is 6.92 Å². The minimum absolute atomic E-state index is 0.287. The molecule has 2 nitrogen and oxygen atoms in total. The zero-order chi connectivity index (χ0) is 10.0. The Kier molecular flexibility index (Phi) is 2.60. The quantitative estimate of drug-likeness (QED) is 0.747. The van der Waals surface area contributed by atoms with Gasteiger partial charge in [0.1, 0.15) is 17.2 Å². The second kappa shape index (κ2) is 3.51. The van der Waals surface area contributed by atoms with E-state index in [1.165, 1.54) is 6.07 Å². The third kappa shape index (κ3) is 1.66. The number of amides is 1. The van der Waals surface area contributed by atoms with Gasteiger partial charge < -0.3 is 5.73 Å². The molecule has 70 valence electrons. The Morgan fingerprint density at radius 3 is 2.54 bits per heavy atom. The molecule has 2 N–H and O–H groups in total. The van der Waals surface area contributed by atoms with Crippen molar-refractivity contribution < 1.29 is 13.6 Å². The van der Waals surface area contributed by atoms with Crippen LogP contribution in [-0.2, 0) is 6.42 Å². The Morgan fingerprint density at radius 1 is 1.46 bits per heavy atom. The van der Waals surface area contributed by atoms with Crippen LogP contribution in [0.2, 0.25) is 0 Å². The summed E-state index contributed by atoms with van der Waals surface area (Å²) >= 11 is 0. The lowest BCUT2D eigenvalue weighted by atomic mass is 10.1. The lowest BCUT2D eigenvalue weighted by Gasteiger charge is -2.04. The van der Waals surface area contributed by atoms with E-state index in [9.17, 15) is 13.6 Å². The average molecular weight is 185 g/mol. The molecule has 0 unspecified atom stereocenters. The highest BCUT2D eigenvalue weighted by atomic mass is 19.1. The van der Waals surface area contributed by atoms with Crippen LogP contribution in [-0.4, -0.2) is 5.91 Å². The molecule has 0 saturated carbocycles. The molecule has 13 heavy (non-hydrogen) atoms. The maximum Gasteiger partial charge on any atom is 0.254 e. The number of benzene rings is 1. The number of halogens is 2. The molecule has 4 heteroatoms. The molecule has 1 aromatic carbocycles. The number of aryl methyl sites for hydroxylation is 1. The van der Waals surface area contributed by atoms with Gasteiger partial charge in [-0.15, -0.1) is 0 Å². The maximum absolute atomic E-state index is 13.2. The number of carbonyl (C=O) groups is 1. The van der Waals surface area contributed by atoms with Crippen molar-refractivity contribution in [3.8, 4) is 0 Å². The van der Waals surface area contributed by atoms with Gasteiger partial charge in [-0.25, -0.2) is 8.78 Å². The fraction of sp³-hybridized carbons (Fsp3) is 0.222. The van der Waals surface area contributed by atoms with Crippen LogP contribution in [0.25, 0.3) is 0 Å². The average Bonchev–Trinajstić information content (AvgIpc) is 2.04. The molecule has 1 amide bonds. The largest absolute Gasteiger partial charge is 0.365 e. The van der Waals surface area contributed by atoms with Crippen molar-refractivity contribution in [1.82, 2.24) is 0 Å². The first-order valence-electron chi connectivity index (χ1n) is 3.84. The van der Waals surface area contributed by atoms with Crippen LogP contribution in [0.5, 0.6) is 0 Å². The van der Waals surface area contributed by atoms with Gasteiger partial charge in [-0.2, -0.15) is 0 Å². The molecule has 0 heterocycles. The normalized spacial score (nSPS) is 10.1. The van der Waals surface area contributed by atoms with Crippen LogP contribution < -0.4 is 5.73 Å². The first-order chi connectivity index (χ1) is 6.07. The summed E-state index contributed by atoms with van der Waals surface area (Å²) in [4.78, 5) is 10.7. The van der Waals surface area contributed by atoms with E-state index in [0.29, 0.717) is 6.42 Å². The van der Waals surface area contributed by atoms with Crippen LogP contribution in [0.15, 0.2) is 12.1 Å². The number of hydrogen-bond acceptors (Lipinski definition) is 1. The fourth-order valence-electron chi connectivity index (χ4n) is 1.09. The van der Waals surface area contributed by atoms with Gasteiger partial charge in [0.05, 0.1) is 0 Å². The standard InChI is InChI=1S/C9H9F2NO/c1-2-5-3-4-6(10)7(8(5)11)9(12)13/h3-4H,2H2,1H3,(H2,12,13). The molecule has 0 atom stereocenters. The van der Waals surface area contributed by atoms with Crippen molar-refractivity contribution in [3.05, 3.63) is 34.9 Å². The van der Waals surface area contributed by atoms with E-state index in [2.05, 4.69) is 0 Å². The number of nitrogens with two attached hydrogens (primary N) is 1. The lowest BCUT2D eigenvalue weighted by Crippen LogP contribution is -2.16. The maximum atomic E-state index is 13.2. The van der Waals surface area contributed by atoms with Gasteiger partial charge in [0, 0.05) is 0 Å². The molecule has 0 radical (unpaired) electrons. The zero-order valence-electron chi connectivity index (χ0n) is 7.10. The first-order valence-corrected chi connectivity index (χ1v) is 3.84. The van der Waals surface area contributed by atoms with Crippen molar-refractivity contribution in [2.45, 2.75) is 13.3 Å². The van der Waals surface area contributed by atoms with E-state index >= 15 is 0 Å². The summed E-state index contributed by atoms with van der Waals surface area (Å²) in [6.07, 6.45) is 0.395. The topological polar surface area (TPSA) is 43.1 Å². The summed E-state index contributed by atoms with van der Waals surface area (Å²) in [5, 5.41) is 0. The summed E-state index contributed by atoms with van der Waals surface area (Å²) in [7, 11) is 0. The van der Waals surface area contributed by atoms with Gasteiger partial charge in [-0.3, -0.25) is 4.79 Å². The summed E-state index contributed by atoms with van der Waals surface area (Å²) in [6.45, 7) is 1.71. The molecule has 0 fully saturated rings. The predicted octanol–water partition coefficient (Wildman–Crippen LogP) is 1.63. The third-order valence-electron chi connectivity index (χ3n) is 1.80. The van der Waals surface area contributed by atoms with Crippen LogP contribution in [0, 0.1) is 11.6 Å². The lowest BCUT2D eigenvalue weighted by molar-refractivity contribution is 0.0992. The van der Waals surface area contributed by atoms with Gasteiger partial charge in [-0.1, -0.05) is 13.0 Å². The van der Waals surface area contributed by atoms with Crippen molar-refractivity contribution >= 4 is 5.91 Å². The van der Waals surface area contributed by atoms with E-state index in [4.69, 9.17) is 5.73 Å². The van der Waals surface area contributed by atoms with E-state index in [0.717, 1.165) is 6.07 Å². The van der Waals surface area contributed by atoms with Gasteiger partial charge in [-0.05, 0) is 18.1 Å². The Bertz CT molecular complexity index is 350. The molecular formula is C9H9F2NO. The molecule has 0 bridgehead atoms.